The van der Waals surface area contributed by atoms with Crippen LogP contribution in [0.25, 0.3) is 0 Å². The summed E-state index contributed by atoms with van der Waals surface area (Å²) in [5.74, 6) is -0.0663. The third-order valence-corrected chi connectivity index (χ3v) is 5.79. The van der Waals surface area contributed by atoms with E-state index in [9.17, 15) is 13.2 Å². The highest BCUT2D eigenvalue weighted by Gasteiger charge is 2.38. The van der Waals surface area contributed by atoms with Crippen molar-refractivity contribution in [1.29, 1.82) is 0 Å². The number of hydrogen-bond acceptors (Lipinski definition) is 4. The Labute approximate surface area is 102 Å². The maximum absolute atomic E-state index is 12.2. The third-order valence-electron chi connectivity index (χ3n) is 3.62. The Kier molecular flexibility index (Phi) is 3.73. The van der Waals surface area contributed by atoms with Gasteiger partial charge in [0.15, 0.2) is 9.84 Å². The van der Waals surface area contributed by atoms with Gasteiger partial charge in [0.1, 0.15) is 5.25 Å². The van der Waals surface area contributed by atoms with Gasteiger partial charge in [0.05, 0.1) is 5.75 Å². The van der Waals surface area contributed by atoms with Crippen LogP contribution >= 0.6 is 0 Å². The lowest BCUT2D eigenvalue weighted by Crippen LogP contribution is -2.51. The number of likely N-dealkylation sites (tertiary alicyclic amines) is 1. The maximum Gasteiger partial charge on any atom is 0.240 e. The number of nitrogens with two attached hydrogens (primary N) is 1. The Morgan fingerprint density at radius 2 is 1.94 bits per heavy atom. The van der Waals surface area contributed by atoms with Gasteiger partial charge in [-0.05, 0) is 25.7 Å². The van der Waals surface area contributed by atoms with Gasteiger partial charge in [0, 0.05) is 19.1 Å². The second-order valence-electron chi connectivity index (χ2n) is 5.04. The fourth-order valence-electron chi connectivity index (χ4n) is 2.65. The summed E-state index contributed by atoms with van der Waals surface area (Å²) in [4.78, 5) is 13.8. The molecule has 2 aliphatic heterocycles. The van der Waals surface area contributed by atoms with Crippen molar-refractivity contribution >= 4 is 15.7 Å². The Hall–Kier alpha value is -0.620. The molecule has 17 heavy (non-hydrogen) atoms. The zero-order chi connectivity index (χ0) is 12.5. The first-order chi connectivity index (χ1) is 8.00. The van der Waals surface area contributed by atoms with Crippen molar-refractivity contribution in [2.45, 2.75) is 43.4 Å². The quantitative estimate of drug-likeness (QED) is 0.714. The summed E-state index contributed by atoms with van der Waals surface area (Å²) in [6, 6.07) is -0.000931. The van der Waals surface area contributed by atoms with Crippen LogP contribution in [0, 0.1) is 0 Å². The van der Waals surface area contributed by atoms with Crippen molar-refractivity contribution in [3.8, 4) is 0 Å². The molecule has 0 radical (unpaired) electrons. The summed E-state index contributed by atoms with van der Waals surface area (Å²) in [5.41, 5.74) is 5.82. The standard InChI is InChI=1S/C11H20N2O3S/c12-9-4-3-6-13(8-9)11(14)10-5-1-2-7-17(10,15)16/h9-10H,1-8,12H2. The molecule has 5 nitrogen and oxygen atoms in total. The molecule has 0 saturated carbocycles. The third kappa shape index (κ3) is 2.80. The lowest BCUT2D eigenvalue weighted by Gasteiger charge is -2.34. The number of sulfone groups is 1. The van der Waals surface area contributed by atoms with Crippen LogP contribution in [0.4, 0.5) is 0 Å². The smallest absolute Gasteiger partial charge is 0.240 e. The number of amides is 1. The van der Waals surface area contributed by atoms with Crippen LogP contribution in [0.2, 0.25) is 0 Å². The predicted octanol–water partition coefficient (Wildman–Crippen LogP) is -0.0966. The number of rotatable bonds is 1. The largest absolute Gasteiger partial charge is 0.340 e. The molecule has 1 amide bonds. The van der Waals surface area contributed by atoms with Gasteiger partial charge in [-0.15, -0.1) is 0 Å². The summed E-state index contributed by atoms with van der Waals surface area (Å²) < 4.78 is 23.7. The second kappa shape index (κ2) is 4.94. The molecule has 0 aromatic heterocycles. The van der Waals surface area contributed by atoms with Crippen LogP contribution < -0.4 is 5.73 Å². The van der Waals surface area contributed by atoms with Gasteiger partial charge in [-0.2, -0.15) is 0 Å². The fourth-order valence-corrected chi connectivity index (χ4v) is 4.52. The normalized spacial score (nSPS) is 33.4. The summed E-state index contributed by atoms with van der Waals surface area (Å²) in [5, 5.41) is -0.804. The second-order valence-corrected chi connectivity index (χ2v) is 7.34. The average molecular weight is 260 g/mol. The van der Waals surface area contributed by atoms with E-state index in [4.69, 9.17) is 5.73 Å². The molecule has 98 valence electrons. The minimum atomic E-state index is -3.22. The predicted molar refractivity (Wildman–Crippen MR) is 65.2 cm³/mol. The van der Waals surface area contributed by atoms with Gasteiger partial charge in [-0.25, -0.2) is 8.42 Å². The highest BCUT2D eigenvalue weighted by molar-refractivity contribution is 7.92. The lowest BCUT2D eigenvalue weighted by molar-refractivity contribution is -0.132. The first-order valence-corrected chi connectivity index (χ1v) is 7.98. The van der Waals surface area contributed by atoms with Crippen LogP contribution in [-0.4, -0.2) is 49.4 Å². The van der Waals surface area contributed by atoms with Gasteiger partial charge in [0.2, 0.25) is 5.91 Å². The zero-order valence-corrected chi connectivity index (χ0v) is 10.8. The first kappa shape index (κ1) is 12.8. The molecule has 0 bridgehead atoms. The van der Waals surface area contributed by atoms with E-state index in [2.05, 4.69) is 0 Å². The van der Waals surface area contributed by atoms with Gasteiger partial charge in [-0.3, -0.25) is 4.79 Å². The van der Waals surface area contributed by atoms with Crippen molar-refractivity contribution in [2.75, 3.05) is 18.8 Å². The van der Waals surface area contributed by atoms with E-state index < -0.39 is 15.1 Å². The molecule has 2 unspecified atom stereocenters. The van der Waals surface area contributed by atoms with E-state index in [1.807, 2.05) is 0 Å². The SMILES string of the molecule is NC1CCCN(C(=O)C2CCCCS2(=O)=O)C1. The molecule has 2 atom stereocenters. The molecule has 2 fully saturated rings. The molecule has 2 N–H and O–H groups in total. The zero-order valence-electron chi connectivity index (χ0n) is 9.97. The molecular weight excluding hydrogens is 240 g/mol. The molecule has 0 aromatic rings. The summed E-state index contributed by atoms with van der Waals surface area (Å²) in [7, 11) is -3.22. The van der Waals surface area contributed by atoms with E-state index in [0.29, 0.717) is 25.9 Å². The number of carbonyl (C=O) groups excluding carboxylic acids is 1. The molecule has 2 aliphatic rings. The maximum atomic E-state index is 12.2. The van der Waals surface area contributed by atoms with E-state index >= 15 is 0 Å². The van der Waals surface area contributed by atoms with Crippen molar-refractivity contribution in [3.63, 3.8) is 0 Å². The van der Waals surface area contributed by atoms with Crippen LogP contribution in [0.3, 0.4) is 0 Å². The fraction of sp³-hybridized carbons (Fsp3) is 0.909. The highest BCUT2D eigenvalue weighted by atomic mass is 32.2. The van der Waals surface area contributed by atoms with E-state index in [1.54, 1.807) is 4.90 Å². The van der Waals surface area contributed by atoms with E-state index in [0.717, 1.165) is 19.3 Å². The molecule has 6 heteroatoms. The number of hydrogen-bond donors (Lipinski definition) is 1. The molecule has 2 rings (SSSR count). The molecule has 0 spiro atoms. The van der Waals surface area contributed by atoms with Crippen LogP contribution in [0.1, 0.15) is 32.1 Å². The molecule has 2 heterocycles. The molecular formula is C11H20N2O3S. The van der Waals surface area contributed by atoms with Crippen molar-refractivity contribution < 1.29 is 13.2 Å². The average Bonchev–Trinajstić information content (AvgIpc) is 2.27. The monoisotopic (exact) mass is 260 g/mol. The topological polar surface area (TPSA) is 80.5 Å². The first-order valence-electron chi connectivity index (χ1n) is 6.26. The van der Waals surface area contributed by atoms with Crippen LogP contribution in [0.5, 0.6) is 0 Å². The van der Waals surface area contributed by atoms with Crippen molar-refractivity contribution in [2.24, 2.45) is 5.73 Å². The number of carbonyl (C=O) groups is 1. The van der Waals surface area contributed by atoms with Crippen LogP contribution in [-0.2, 0) is 14.6 Å². The Morgan fingerprint density at radius 1 is 1.18 bits per heavy atom. The summed E-state index contributed by atoms with van der Waals surface area (Å²) in [6.45, 7) is 1.16. The molecule has 2 saturated heterocycles. The van der Waals surface area contributed by atoms with Gasteiger partial charge in [-0.1, -0.05) is 6.42 Å². The summed E-state index contributed by atoms with van der Waals surface area (Å²) >= 11 is 0. The van der Waals surface area contributed by atoms with E-state index in [-0.39, 0.29) is 17.7 Å². The van der Waals surface area contributed by atoms with Crippen molar-refractivity contribution in [1.82, 2.24) is 4.90 Å². The van der Waals surface area contributed by atoms with Gasteiger partial charge < -0.3 is 10.6 Å². The van der Waals surface area contributed by atoms with Crippen molar-refractivity contribution in [3.05, 3.63) is 0 Å². The minimum Gasteiger partial charge on any atom is -0.340 e. The Bertz CT molecular complexity index is 394. The van der Waals surface area contributed by atoms with E-state index in [1.165, 1.54) is 0 Å². The summed E-state index contributed by atoms with van der Waals surface area (Å²) in [6.07, 6.45) is 3.79. The minimum absolute atomic E-state index is 0.000931. The number of piperidine rings is 1. The van der Waals surface area contributed by atoms with Crippen LogP contribution in [0.15, 0.2) is 0 Å². The Balaban J connectivity index is 2.08. The molecule has 0 aliphatic carbocycles. The molecule has 0 aromatic carbocycles. The Morgan fingerprint density at radius 3 is 2.59 bits per heavy atom. The number of nitrogens with zero attached hydrogens (tertiary/aromatic N) is 1. The van der Waals surface area contributed by atoms with Gasteiger partial charge >= 0.3 is 0 Å². The lowest BCUT2D eigenvalue weighted by atomic mass is 10.1. The van der Waals surface area contributed by atoms with Gasteiger partial charge in [0.25, 0.3) is 0 Å². The highest BCUT2D eigenvalue weighted by Crippen LogP contribution is 2.22.